The summed E-state index contributed by atoms with van der Waals surface area (Å²) in [6.07, 6.45) is -0.789. The van der Waals surface area contributed by atoms with E-state index >= 15 is 0 Å². The zero-order valence-electron chi connectivity index (χ0n) is 14.0. The van der Waals surface area contributed by atoms with E-state index in [1.165, 1.54) is 6.07 Å². The first-order valence-electron chi connectivity index (χ1n) is 7.85. The number of amides is 1. The molecule has 0 saturated carbocycles. The molecular formula is C16H18BrClN2O7. The van der Waals surface area contributed by atoms with Gasteiger partial charge in [0.15, 0.2) is 10.8 Å². The highest BCUT2D eigenvalue weighted by molar-refractivity contribution is 9.10. The van der Waals surface area contributed by atoms with Crippen molar-refractivity contribution in [2.24, 2.45) is 0 Å². The second-order valence-electron chi connectivity index (χ2n) is 6.32. The van der Waals surface area contributed by atoms with Gasteiger partial charge in [0, 0.05) is 18.5 Å². The van der Waals surface area contributed by atoms with E-state index in [1.807, 2.05) is 0 Å². The van der Waals surface area contributed by atoms with E-state index in [4.69, 9.17) is 16.3 Å². The highest BCUT2D eigenvalue weighted by Gasteiger charge is 2.72. The Bertz CT molecular complexity index is 891. The van der Waals surface area contributed by atoms with Crippen molar-refractivity contribution in [1.29, 1.82) is 0 Å². The summed E-state index contributed by atoms with van der Waals surface area (Å²) in [5.41, 5.74) is -2.42. The third kappa shape index (κ3) is 2.75. The molecule has 1 aromatic carbocycles. The van der Waals surface area contributed by atoms with Gasteiger partial charge >= 0.3 is 0 Å². The number of carbonyl (C=O) groups is 1. The molecule has 1 fully saturated rings. The predicted molar refractivity (Wildman–Crippen MR) is 98.0 cm³/mol. The molecular weight excluding hydrogens is 448 g/mol. The number of ether oxygens (including phenoxy) is 1. The fraction of sp³-hybridized carbons (Fsp3) is 0.438. The van der Waals surface area contributed by atoms with Crippen LogP contribution in [0.2, 0.25) is 0 Å². The van der Waals surface area contributed by atoms with Gasteiger partial charge in [0.1, 0.15) is 11.8 Å². The molecule has 1 aliphatic heterocycles. The number of aliphatic hydroxyl groups is 4. The smallest absolute Gasteiger partial charge is 0.231 e. The van der Waals surface area contributed by atoms with Gasteiger partial charge in [-0.2, -0.15) is 0 Å². The van der Waals surface area contributed by atoms with Crippen LogP contribution in [0.5, 0.6) is 5.75 Å². The molecule has 6 N–H and O–H groups in total. The molecule has 11 heteroatoms. The van der Waals surface area contributed by atoms with Crippen molar-refractivity contribution in [3.8, 4) is 5.75 Å². The Kier molecular flexibility index (Phi) is 4.96. The molecule has 0 aliphatic carbocycles. The number of para-hydroxylation sites is 1. The minimum Gasteiger partial charge on any atom is -0.506 e. The van der Waals surface area contributed by atoms with E-state index in [0.29, 0.717) is 5.39 Å². The largest absolute Gasteiger partial charge is 0.506 e. The van der Waals surface area contributed by atoms with Crippen molar-refractivity contribution < 1.29 is 35.1 Å². The Labute approximate surface area is 166 Å². The van der Waals surface area contributed by atoms with Crippen LogP contribution < -0.4 is 5.32 Å². The lowest BCUT2D eigenvalue weighted by molar-refractivity contribution is -0.337. The lowest BCUT2D eigenvalue weighted by Crippen LogP contribution is -2.78. The first-order chi connectivity index (χ1) is 12.5. The zero-order chi connectivity index (χ0) is 20.2. The topological polar surface area (TPSA) is 144 Å². The minimum absolute atomic E-state index is 0.238. The summed E-state index contributed by atoms with van der Waals surface area (Å²) in [4.78, 5) is 11.7. The third-order valence-electron chi connectivity index (χ3n) is 4.63. The van der Waals surface area contributed by atoms with Gasteiger partial charge in [-0.25, -0.2) is 0 Å². The molecule has 3 rings (SSSR count). The van der Waals surface area contributed by atoms with Gasteiger partial charge in [-0.3, -0.25) is 4.79 Å². The van der Waals surface area contributed by atoms with E-state index in [-0.39, 0.29) is 11.3 Å². The molecule has 0 spiro atoms. The lowest BCUT2D eigenvalue weighted by atomic mass is 9.88. The van der Waals surface area contributed by atoms with Gasteiger partial charge in [0.2, 0.25) is 16.7 Å². The summed E-state index contributed by atoms with van der Waals surface area (Å²) in [6.45, 7) is 0.193. The molecule has 2 aromatic rings. The van der Waals surface area contributed by atoms with Gasteiger partial charge in [0.05, 0.1) is 12.1 Å². The molecule has 1 saturated heterocycles. The highest BCUT2D eigenvalue weighted by Crippen LogP contribution is 2.53. The number of nitrogens with one attached hydrogen (secondary N) is 1. The SMILES string of the molecule is CC(=O)N[C@H]1[C@H](O)O[C@](Br)(CO)[C@](O)(Cl)[C@@]1(O)n1cc(O)c2ccccc21. The van der Waals surface area contributed by atoms with E-state index in [2.05, 4.69) is 21.2 Å². The summed E-state index contributed by atoms with van der Waals surface area (Å²) in [7, 11) is 0. The Morgan fingerprint density at radius 1 is 1.41 bits per heavy atom. The number of carbonyl (C=O) groups excluding carboxylic acids is 1. The van der Waals surface area contributed by atoms with Gasteiger partial charge in [-0.15, -0.1) is 0 Å². The van der Waals surface area contributed by atoms with Crippen LogP contribution >= 0.6 is 27.5 Å². The summed E-state index contributed by atoms with van der Waals surface area (Å²) < 4.78 is 3.99. The zero-order valence-corrected chi connectivity index (χ0v) is 16.3. The van der Waals surface area contributed by atoms with E-state index < -0.39 is 40.1 Å². The molecule has 0 bridgehead atoms. The predicted octanol–water partition coefficient (Wildman–Crippen LogP) is -0.144. The minimum atomic E-state index is -2.81. The van der Waals surface area contributed by atoms with E-state index in [1.54, 1.807) is 18.2 Å². The van der Waals surface area contributed by atoms with Crippen LogP contribution in [-0.2, 0) is 15.3 Å². The number of alkyl halides is 2. The van der Waals surface area contributed by atoms with Crippen molar-refractivity contribution in [2.75, 3.05) is 6.61 Å². The Morgan fingerprint density at radius 2 is 2.04 bits per heavy atom. The third-order valence-corrected chi connectivity index (χ3v) is 6.45. The van der Waals surface area contributed by atoms with Gasteiger partial charge in [-0.1, -0.05) is 23.7 Å². The average Bonchev–Trinajstić information content (AvgIpc) is 2.95. The van der Waals surface area contributed by atoms with Gasteiger partial charge in [-0.05, 0) is 28.1 Å². The number of aromatic nitrogens is 1. The number of halogens is 2. The number of fused-ring (bicyclic) bond motifs is 1. The maximum Gasteiger partial charge on any atom is 0.231 e. The molecule has 5 atom stereocenters. The number of rotatable bonds is 3. The average molecular weight is 466 g/mol. The van der Waals surface area contributed by atoms with E-state index in [0.717, 1.165) is 17.7 Å². The summed E-state index contributed by atoms with van der Waals surface area (Å²) >= 11 is 9.21. The maximum atomic E-state index is 11.7. The normalized spacial score (nSPS) is 36.7. The van der Waals surface area contributed by atoms with Crippen LogP contribution in [0.1, 0.15) is 6.92 Å². The number of nitrogens with zero attached hydrogens (tertiary/aromatic N) is 1. The first-order valence-corrected chi connectivity index (χ1v) is 9.02. The first kappa shape index (κ1) is 20.3. The lowest BCUT2D eigenvalue weighted by Gasteiger charge is -2.56. The second kappa shape index (κ2) is 6.59. The van der Waals surface area contributed by atoms with Crippen LogP contribution in [0, 0.1) is 0 Å². The molecule has 1 aromatic heterocycles. The molecule has 0 radical (unpaired) electrons. The van der Waals surface area contributed by atoms with Crippen molar-refractivity contribution in [1.82, 2.24) is 9.88 Å². The number of hydrogen-bond donors (Lipinski definition) is 6. The highest BCUT2D eigenvalue weighted by atomic mass is 79.9. The maximum absolute atomic E-state index is 11.7. The standard InChI is InChI=1S/C16H18BrClN2O7/c1-8(22)19-12-13(24)27-14(17,7-21)16(18,26)15(12,25)20-6-11(23)9-4-2-3-5-10(9)20/h2-6,12-13,21,23-26H,7H2,1H3,(H,19,22)/t12-,13+,14+,15+,16+/m0/s1. The number of hydrogen-bond acceptors (Lipinski definition) is 7. The van der Waals surface area contributed by atoms with Crippen molar-refractivity contribution in [3.63, 3.8) is 0 Å². The Hall–Kier alpha value is -1.40. The van der Waals surface area contributed by atoms with Crippen LogP contribution in [0.4, 0.5) is 0 Å². The summed E-state index contributed by atoms with van der Waals surface area (Å²) in [5, 5.41) is 52.8. The molecule has 1 amide bonds. The molecule has 2 heterocycles. The molecule has 0 unspecified atom stereocenters. The Balaban J connectivity index is 2.34. The monoisotopic (exact) mass is 464 g/mol. The number of aliphatic hydroxyl groups excluding tert-OH is 2. The fourth-order valence-electron chi connectivity index (χ4n) is 3.30. The van der Waals surface area contributed by atoms with Crippen molar-refractivity contribution in [2.45, 2.75) is 34.6 Å². The molecule has 9 nitrogen and oxygen atoms in total. The quantitative estimate of drug-likeness (QED) is 0.346. The molecule has 1 aliphatic rings. The van der Waals surface area contributed by atoms with Crippen LogP contribution in [0.15, 0.2) is 30.5 Å². The van der Waals surface area contributed by atoms with Crippen molar-refractivity contribution in [3.05, 3.63) is 30.5 Å². The Morgan fingerprint density at radius 3 is 2.63 bits per heavy atom. The molecule has 27 heavy (non-hydrogen) atoms. The fourth-order valence-corrected chi connectivity index (χ4v) is 4.10. The summed E-state index contributed by atoms with van der Waals surface area (Å²) in [5.74, 6) is -0.890. The second-order valence-corrected chi connectivity index (χ2v) is 8.15. The number of aromatic hydroxyl groups is 1. The number of benzene rings is 1. The van der Waals surface area contributed by atoms with Crippen LogP contribution in [0.25, 0.3) is 10.9 Å². The van der Waals surface area contributed by atoms with Crippen LogP contribution in [-0.4, -0.2) is 64.5 Å². The van der Waals surface area contributed by atoms with Gasteiger partial charge in [0.25, 0.3) is 0 Å². The van der Waals surface area contributed by atoms with Crippen molar-refractivity contribution >= 4 is 44.3 Å². The molecule has 148 valence electrons. The summed E-state index contributed by atoms with van der Waals surface area (Å²) in [6, 6.07) is 4.70. The van der Waals surface area contributed by atoms with Crippen LogP contribution in [0.3, 0.4) is 0 Å². The van der Waals surface area contributed by atoms with E-state index in [9.17, 15) is 30.3 Å². The van der Waals surface area contributed by atoms with Gasteiger partial charge < -0.3 is 40.2 Å².